The highest BCUT2D eigenvalue weighted by Crippen LogP contribution is 2.24. The van der Waals surface area contributed by atoms with Crippen molar-refractivity contribution in [3.63, 3.8) is 0 Å². The molecule has 0 aromatic heterocycles. The van der Waals surface area contributed by atoms with Crippen molar-refractivity contribution in [3.05, 3.63) is 44.0 Å². The third kappa shape index (κ3) is 4.20. The van der Waals surface area contributed by atoms with E-state index in [1.54, 1.807) is 0 Å². The van der Waals surface area contributed by atoms with E-state index in [0.717, 1.165) is 25.5 Å². The minimum absolute atomic E-state index is 0.225. The van der Waals surface area contributed by atoms with E-state index in [2.05, 4.69) is 5.32 Å². The molecule has 2 rings (SSSR count). The average Bonchev–Trinajstić information content (AvgIpc) is 2.48. The summed E-state index contributed by atoms with van der Waals surface area (Å²) in [5.74, 6) is 0.413. The van der Waals surface area contributed by atoms with Gasteiger partial charge >= 0.3 is 0 Å². The number of nitro benzene ring substituents is 2. The minimum Gasteiger partial charge on any atom is -0.381 e. The molecule has 0 aliphatic carbocycles. The zero-order valence-corrected chi connectivity index (χ0v) is 11.5. The Morgan fingerprint density at radius 3 is 2.71 bits per heavy atom. The predicted molar refractivity (Wildman–Crippen MR) is 75.0 cm³/mol. The SMILES string of the molecule is O=[N+]([O-])c1ccc(CNCC2CCCOC2)c([N+](=O)[O-])c1. The monoisotopic (exact) mass is 295 g/mol. The molecule has 0 radical (unpaired) electrons. The quantitative estimate of drug-likeness (QED) is 0.635. The molecule has 1 fully saturated rings. The lowest BCUT2D eigenvalue weighted by Crippen LogP contribution is -2.29. The van der Waals surface area contributed by atoms with Gasteiger partial charge in [-0.1, -0.05) is 0 Å². The normalized spacial score (nSPS) is 18.4. The van der Waals surface area contributed by atoms with Crippen molar-refractivity contribution in [2.24, 2.45) is 5.92 Å². The van der Waals surface area contributed by atoms with Crippen LogP contribution < -0.4 is 5.32 Å². The van der Waals surface area contributed by atoms with Crippen LogP contribution >= 0.6 is 0 Å². The van der Waals surface area contributed by atoms with Crippen molar-refractivity contribution in [1.29, 1.82) is 0 Å². The van der Waals surface area contributed by atoms with Gasteiger partial charge in [0.15, 0.2) is 0 Å². The van der Waals surface area contributed by atoms with Crippen LogP contribution in [0.3, 0.4) is 0 Å². The lowest BCUT2D eigenvalue weighted by Gasteiger charge is -2.22. The molecular formula is C13H17N3O5. The summed E-state index contributed by atoms with van der Waals surface area (Å²) in [5.41, 5.74) is -0.0509. The number of nitro groups is 2. The summed E-state index contributed by atoms with van der Waals surface area (Å²) in [4.78, 5) is 20.4. The van der Waals surface area contributed by atoms with Crippen LogP contribution in [0.15, 0.2) is 18.2 Å². The molecule has 1 unspecified atom stereocenters. The molecule has 0 spiro atoms. The topological polar surface area (TPSA) is 108 Å². The highest BCUT2D eigenvalue weighted by molar-refractivity contribution is 5.49. The first-order valence-electron chi connectivity index (χ1n) is 6.78. The molecule has 21 heavy (non-hydrogen) atoms. The highest BCUT2D eigenvalue weighted by Gasteiger charge is 2.19. The molecule has 8 nitrogen and oxygen atoms in total. The summed E-state index contributed by atoms with van der Waals surface area (Å²) in [5, 5.41) is 24.8. The number of benzene rings is 1. The maximum atomic E-state index is 11.0. The number of hydrogen-bond donors (Lipinski definition) is 1. The maximum absolute atomic E-state index is 11.0. The first-order valence-corrected chi connectivity index (χ1v) is 6.78. The molecule has 114 valence electrons. The molecule has 1 saturated heterocycles. The molecule has 1 heterocycles. The molecular weight excluding hydrogens is 278 g/mol. The molecule has 1 aromatic rings. The van der Waals surface area contributed by atoms with Crippen LogP contribution in [0.25, 0.3) is 0 Å². The van der Waals surface area contributed by atoms with Gasteiger partial charge in [-0.05, 0) is 24.8 Å². The van der Waals surface area contributed by atoms with Crippen LogP contribution in [-0.4, -0.2) is 29.6 Å². The smallest absolute Gasteiger partial charge is 0.280 e. The molecule has 1 aliphatic heterocycles. The third-order valence-corrected chi connectivity index (χ3v) is 3.48. The van der Waals surface area contributed by atoms with Gasteiger partial charge in [-0.25, -0.2) is 0 Å². The molecule has 1 N–H and O–H groups in total. The minimum atomic E-state index is -0.635. The summed E-state index contributed by atoms with van der Waals surface area (Å²) < 4.78 is 5.37. The average molecular weight is 295 g/mol. The van der Waals surface area contributed by atoms with Crippen LogP contribution in [0, 0.1) is 26.1 Å². The van der Waals surface area contributed by atoms with Gasteiger partial charge in [0.25, 0.3) is 11.4 Å². The summed E-state index contributed by atoms with van der Waals surface area (Å²) in [6.07, 6.45) is 2.11. The zero-order chi connectivity index (χ0) is 15.2. The van der Waals surface area contributed by atoms with Gasteiger partial charge in [-0.15, -0.1) is 0 Å². The number of rotatable bonds is 6. The maximum Gasteiger partial charge on any atom is 0.280 e. The van der Waals surface area contributed by atoms with E-state index < -0.39 is 9.85 Å². The van der Waals surface area contributed by atoms with Gasteiger partial charge in [0.05, 0.1) is 22.5 Å². The van der Waals surface area contributed by atoms with Gasteiger partial charge < -0.3 is 10.1 Å². The van der Waals surface area contributed by atoms with Crippen molar-refractivity contribution < 1.29 is 14.6 Å². The Bertz CT molecular complexity index is 529. The van der Waals surface area contributed by atoms with E-state index in [1.807, 2.05) is 0 Å². The summed E-state index contributed by atoms with van der Waals surface area (Å²) in [6.45, 7) is 2.53. The van der Waals surface area contributed by atoms with E-state index in [0.29, 0.717) is 31.2 Å². The Hall–Kier alpha value is -2.06. The van der Waals surface area contributed by atoms with Crippen LogP contribution in [0.4, 0.5) is 11.4 Å². The zero-order valence-electron chi connectivity index (χ0n) is 11.5. The van der Waals surface area contributed by atoms with Crippen molar-refractivity contribution >= 4 is 11.4 Å². The highest BCUT2D eigenvalue weighted by atomic mass is 16.6. The fourth-order valence-corrected chi connectivity index (χ4v) is 2.36. The van der Waals surface area contributed by atoms with Gasteiger partial charge in [-0.3, -0.25) is 20.2 Å². The predicted octanol–water partition coefficient (Wildman–Crippen LogP) is 2.02. The first-order chi connectivity index (χ1) is 10.1. The van der Waals surface area contributed by atoms with E-state index in [4.69, 9.17) is 4.74 Å². The Morgan fingerprint density at radius 1 is 1.29 bits per heavy atom. The van der Waals surface area contributed by atoms with Gasteiger partial charge in [0.1, 0.15) is 0 Å². The van der Waals surface area contributed by atoms with Crippen LogP contribution in [0.5, 0.6) is 0 Å². The van der Waals surface area contributed by atoms with Crippen LogP contribution in [0.1, 0.15) is 18.4 Å². The van der Waals surface area contributed by atoms with E-state index in [-0.39, 0.29) is 11.4 Å². The van der Waals surface area contributed by atoms with Crippen LogP contribution in [0.2, 0.25) is 0 Å². The van der Waals surface area contributed by atoms with E-state index in [1.165, 1.54) is 12.1 Å². The second-order valence-electron chi connectivity index (χ2n) is 5.04. The van der Waals surface area contributed by atoms with Crippen LogP contribution in [-0.2, 0) is 11.3 Å². The number of ether oxygens (including phenoxy) is 1. The number of hydrogen-bond acceptors (Lipinski definition) is 6. The molecule has 1 aromatic carbocycles. The van der Waals surface area contributed by atoms with Crippen molar-refractivity contribution in [1.82, 2.24) is 5.32 Å². The van der Waals surface area contributed by atoms with Crippen molar-refractivity contribution in [2.45, 2.75) is 19.4 Å². The molecule has 0 saturated carbocycles. The molecule has 1 atom stereocenters. The molecule has 0 amide bonds. The number of non-ortho nitro benzene ring substituents is 1. The lowest BCUT2D eigenvalue weighted by molar-refractivity contribution is -0.394. The largest absolute Gasteiger partial charge is 0.381 e. The van der Waals surface area contributed by atoms with Gasteiger partial charge in [0.2, 0.25) is 0 Å². The molecule has 8 heteroatoms. The second-order valence-corrected chi connectivity index (χ2v) is 5.04. The summed E-state index contributed by atoms with van der Waals surface area (Å²) >= 11 is 0. The summed E-state index contributed by atoms with van der Waals surface area (Å²) in [6, 6.07) is 3.72. The molecule has 0 bridgehead atoms. The Balaban J connectivity index is 1.98. The first kappa shape index (κ1) is 15.3. The second kappa shape index (κ2) is 7.09. The number of nitrogens with zero attached hydrogens (tertiary/aromatic N) is 2. The fraction of sp³-hybridized carbons (Fsp3) is 0.538. The molecule has 1 aliphatic rings. The van der Waals surface area contributed by atoms with Crippen molar-refractivity contribution in [3.8, 4) is 0 Å². The van der Waals surface area contributed by atoms with Gasteiger partial charge in [-0.2, -0.15) is 0 Å². The Morgan fingerprint density at radius 2 is 2.10 bits per heavy atom. The van der Waals surface area contributed by atoms with Crippen molar-refractivity contribution in [2.75, 3.05) is 19.8 Å². The Kier molecular flexibility index (Phi) is 5.18. The van der Waals surface area contributed by atoms with E-state index in [9.17, 15) is 20.2 Å². The summed E-state index contributed by atoms with van der Waals surface area (Å²) in [7, 11) is 0. The van der Waals surface area contributed by atoms with E-state index >= 15 is 0 Å². The lowest BCUT2D eigenvalue weighted by atomic mass is 10.0. The number of nitrogens with one attached hydrogen (secondary N) is 1. The standard InChI is InChI=1S/C13H17N3O5/c17-15(18)12-4-3-11(13(6-12)16(19)20)8-14-7-10-2-1-5-21-9-10/h3-4,6,10,14H,1-2,5,7-9H2. The fourth-order valence-electron chi connectivity index (χ4n) is 2.36. The van der Waals surface area contributed by atoms with Gasteiger partial charge in [0, 0.05) is 31.3 Å². The third-order valence-electron chi connectivity index (χ3n) is 3.48. The Labute approximate surface area is 121 Å².